The van der Waals surface area contributed by atoms with Crippen LogP contribution in [-0.4, -0.2) is 33.2 Å². The molecule has 0 atom stereocenters. The molecule has 4 rings (SSSR count). The Morgan fingerprint density at radius 1 is 1.26 bits per heavy atom. The lowest BCUT2D eigenvalue weighted by atomic mass is 10.1. The standard InChI is InChI=1S/C20H20N4OS2/c1-12-13(2)27-20-18(12)19(23-11-24-20)26-10-17(25)21-8-7-14-9-22-16-6-4-3-5-15(14)16/h3-6,9,11,22H,7-8,10H2,1-2H3,(H,21,25). The van der Waals surface area contributed by atoms with Crippen LogP contribution in [0.2, 0.25) is 0 Å². The molecule has 0 bridgehead atoms. The molecular formula is C20H20N4OS2. The predicted octanol–water partition coefficient (Wildman–Crippen LogP) is 4.24. The Labute approximate surface area is 165 Å². The van der Waals surface area contributed by atoms with Crippen LogP contribution >= 0.6 is 23.1 Å². The van der Waals surface area contributed by atoms with Crippen molar-refractivity contribution in [1.82, 2.24) is 20.3 Å². The van der Waals surface area contributed by atoms with Crippen LogP contribution in [0.15, 0.2) is 41.8 Å². The first-order valence-corrected chi connectivity index (χ1v) is 10.6. The average molecular weight is 397 g/mol. The van der Waals surface area contributed by atoms with Gasteiger partial charge in [0.25, 0.3) is 0 Å². The number of H-pyrrole nitrogens is 1. The van der Waals surface area contributed by atoms with Crippen LogP contribution in [-0.2, 0) is 11.2 Å². The molecular weight excluding hydrogens is 376 g/mol. The fourth-order valence-corrected chi connectivity index (χ4v) is 5.07. The van der Waals surface area contributed by atoms with Gasteiger partial charge in [-0.15, -0.1) is 11.3 Å². The minimum Gasteiger partial charge on any atom is -0.361 e. The minimum atomic E-state index is 0.0243. The molecule has 5 nitrogen and oxygen atoms in total. The smallest absolute Gasteiger partial charge is 0.230 e. The number of carbonyl (C=O) groups excluding carboxylic acids is 1. The summed E-state index contributed by atoms with van der Waals surface area (Å²) in [5.74, 6) is 0.380. The van der Waals surface area contributed by atoms with Crippen molar-refractivity contribution in [2.75, 3.05) is 12.3 Å². The van der Waals surface area contributed by atoms with Crippen LogP contribution in [0.5, 0.6) is 0 Å². The highest BCUT2D eigenvalue weighted by Crippen LogP contribution is 2.34. The molecule has 138 valence electrons. The number of nitrogens with one attached hydrogen (secondary N) is 2. The van der Waals surface area contributed by atoms with E-state index in [-0.39, 0.29) is 5.91 Å². The number of benzene rings is 1. The van der Waals surface area contributed by atoms with Crippen molar-refractivity contribution in [2.24, 2.45) is 0 Å². The number of hydrogen-bond donors (Lipinski definition) is 2. The van der Waals surface area contributed by atoms with E-state index in [2.05, 4.69) is 46.2 Å². The molecule has 0 fully saturated rings. The molecule has 27 heavy (non-hydrogen) atoms. The van der Waals surface area contributed by atoms with Crippen molar-refractivity contribution >= 4 is 50.1 Å². The number of aromatic nitrogens is 3. The average Bonchev–Trinajstić information content (AvgIpc) is 3.21. The van der Waals surface area contributed by atoms with E-state index in [0.29, 0.717) is 12.3 Å². The second-order valence-corrected chi connectivity index (χ2v) is 8.56. The van der Waals surface area contributed by atoms with Crippen molar-refractivity contribution in [1.29, 1.82) is 0 Å². The van der Waals surface area contributed by atoms with Gasteiger partial charge in [0.2, 0.25) is 5.91 Å². The number of thiophene rings is 1. The van der Waals surface area contributed by atoms with Gasteiger partial charge < -0.3 is 10.3 Å². The second kappa shape index (κ2) is 7.70. The maximum Gasteiger partial charge on any atom is 0.230 e. The van der Waals surface area contributed by atoms with Gasteiger partial charge in [0.05, 0.1) is 5.75 Å². The lowest BCUT2D eigenvalue weighted by Crippen LogP contribution is -2.27. The van der Waals surface area contributed by atoms with E-state index in [9.17, 15) is 4.79 Å². The Balaban J connectivity index is 1.34. The summed E-state index contributed by atoms with van der Waals surface area (Å²) in [7, 11) is 0. The number of nitrogens with zero attached hydrogens (tertiary/aromatic N) is 2. The Morgan fingerprint density at radius 3 is 3.00 bits per heavy atom. The fourth-order valence-electron chi connectivity index (χ4n) is 3.12. The third-order valence-corrected chi connectivity index (χ3v) is 6.77. The highest BCUT2D eigenvalue weighted by molar-refractivity contribution is 8.00. The Kier molecular flexibility index (Phi) is 5.13. The molecule has 0 saturated carbocycles. The summed E-state index contributed by atoms with van der Waals surface area (Å²) in [5, 5.41) is 6.19. The van der Waals surface area contributed by atoms with Crippen molar-refractivity contribution < 1.29 is 4.79 Å². The van der Waals surface area contributed by atoms with E-state index < -0.39 is 0 Å². The molecule has 0 aliphatic carbocycles. The summed E-state index contributed by atoms with van der Waals surface area (Å²) in [6.07, 6.45) is 4.40. The van der Waals surface area contributed by atoms with E-state index in [0.717, 1.165) is 27.2 Å². The molecule has 4 aromatic rings. The third-order valence-electron chi connectivity index (χ3n) is 4.66. The molecule has 7 heteroatoms. The maximum atomic E-state index is 12.3. The lowest BCUT2D eigenvalue weighted by Gasteiger charge is -2.06. The Bertz CT molecular complexity index is 1120. The van der Waals surface area contributed by atoms with Crippen molar-refractivity contribution in [3.05, 3.63) is 52.8 Å². The van der Waals surface area contributed by atoms with Gasteiger partial charge in [0.15, 0.2) is 0 Å². The first-order chi connectivity index (χ1) is 13.1. The molecule has 0 aliphatic heterocycles. The Morgan fingerprint density at radius 2 is 2.11 bits per heavy atom. The number of aromatic amines is 1. The molecule has 0 aliphatic rings. The summed E-state index contributed by atoms with van der Waals surface area (Å²) >= 11 is 3.15. The highest BCUT2D eigenvalue weighted by atomic mass is 32.2. The van der Waals surface area contributed by atoms with Gasteiger partial charge in [-0.05, 0) is 37.5 Å². The largest absolute Gasteiger partial charge is 0.361 e. The van der Waals surface area contributed by atoms with Crippen LogP contribution in [0.4, 0.5) is 0 Å². The fraction of sp³-hybridized carbons (Fsp3) is 0.250. The van der Waals surface area contributed by atoms with Crippen LogP contribution in [0.1, 0.15) is 16.0 Å². The number of thioether (sulfide) groups is 1. The van der Waals surface area contributed by atoms with Crippen molar-refractivity contribution in [3.8, 4) is 0 Å². The number of carbonyl (C=O) groups is 1. The van der Waals surface area contributed by atoms with Gasteiger partial charge in [0.1, 0.15) is 16.2 Å². The predicted molar refractivity (Wildman–Crippen MR) is 113 cm³/mol. The molecule has 3 aromatic heterocycles. The summed E-state index contributed by atoms with van der Waals surface area (Å²) in [6, 6.07) is 8.21. The lowest BCUT2D eigenvalue weighted by molar-refractivity contribution is -0.118. The summed E-state index contributed by atoms with van der Waals surface area (Å²) in [5.41, 5.74) is 3.56. The molecule has 1 aromatic carbocycles. The van der Waals surface area contributed by atoms with Gasteiger partial charge in [-0.2, -0.15) is 0 Å². The maximum absolute atomic E-state index is 12.3. The van der Waals surface area contributed by atoms with Gasteiger partial charge in [-0.1, -0.05) is 30.0 Å². The van der Waals surface area contributed by atoms with E-state index in [1.165, 1.54) is 33.2 Å². The Hall–Kier alpha value is -2.38. The summed E-state index contributed by atoms with van der Waals surface area (Å²) < 4.78 is 0. The van der Waals surface area contributed by atoms with Crippen LogP contribution in [0.3, 0.4) is 0 Å². The quantitative estimate of drug-likeness (QED) is 0.378. The van der Waals surface area contributed by atoms with E-state index in [1.54, 1.807) is 17.7 Å². The number of hydrogen-bond acceptors (Lipinski definition) is 5. The highest BCUT2D eigenvalue weighted by Gasteiger charge is 2.13. The molecule has 2 N–H and O–H groups in total. The van der Waals surface area contributed by atoms with Crippen LogP contribution in [0.25, 0.3) is 21.1 Å². The number of rotatable bonds is 6. The molecule has 0 radical (unpaired) electrons. The molecule has 0 saturated heterocycles. The van der Waals surface area contributed by atoms with Gasteiger partial charge in [-0.25, -0.2) is 9.97 Å². The third kappa shape index (κ3) is 3.70. The molecule has 0 unspecified atom stereocenters. The zero-order valence-electron chi connectivity index (χ0n) is 15.2. The first-order valence-electron chi connectivity index (χ1n) is 8.78. The van der Waals surface area contributed by atoms with Gasteiger partial charge >= 0.3 is 0 Å². The monoisotopic (exact) mass is 396 g/mol. The van der Waals surface area contributed by atoms with Crippen LogP contribution < -0.4 is 5.32 Å². The topological polar surface area (TPSA) is 70.7 Å². The van der Waals surface area contributed by atoms with Crippen LogP contribution in [0, 0.1) is 13.8 Å². The summed E-state index contributed by atoms with van der Waals surface area (Å²) in [4.78, 5) is 26.5. The SMILES string of the molecule is Cc1sc2ncnc(SCC(=O)NCCc3c[nH]c4ccccc34)c2c1C. The van der Waals surface area contributed by atoms with E-state index in [4.69, 9.17) is 0 Å². The van der Waals surface area contributed by atoms with Gasteiger partial charge in [-0.3, -0.25) is 4.79 Å². The zero-order chi connectivity index (χ0) is 18.8. The first kappa shape index (κ1) is 18.0. The molecule has 0 spiro atoms. The molecule has 3 heterocycles. The number of aryl methyl sites for hydroxylation is 2. The second-order valence-electron chi connectivity index (χ2n) is 6.39. The summed E-state index contributed by atoms with van der Waals surface area (Å²) in [6.45, 7) is 4.80. The van der Waals surface area contributed by atoms with Crippen molar-refractivity contribution in [2.45, 2.75) is 25.3 Å². The number of amides is 1. The van der Waals surface area contributed by atoms with E-state index in [1.807, 2.05) is 18.3 Å². The number of para-hydroxylation sites is 1. The molecule has 1 amide bonds. The van der Waals surface area contributed by atoms with Crippen molar-refractivity contribution in [3.63, 3.8) is 0 Å². The van der Waals surface area contributed by atoms with E-state index >= 15 is 0 Å². The normalized spacial score (nSPS) is 11.3. The zero-order valence-corrected chi connectivity index (χ0v) is 16.8. The number of fused-ring (bicyclic) bond motifs is 2. The van der Waals surface area contributed by atoms with Gasteiger partial charge in [0, 0.05) is 33.9 Å². The minimum absolute atomic E-state index is 0.0243.